The van der Waals surface area contributed by atoms with E-state index < -0.39 is 0 Å². The standard InChI is InChI=1S/C15H23N3O3/c1-10(16)5-8-14(19)17-12-7-6-11(9-13(12)21-4)15(20)18(2)3/h6-7,9-10H,5,8,16H2,1-4H3,(H,17,19). The van der Waals surface area contributed by atoms with E-state index in [1.807, 2.05) is 6.92 Å². The summed E-state index contributed by atoms with van der Waals surface area (Å²) in [6, 6.07) is 4.92. The molecule has 6 heteroatoms. The number of carbonyl (C=O) groups excluding carboxylic acids is 2. The van der Waals surface area contributed by atoms with Crippen molar-refractivity contribution in [2.75, 3.05) is 26.5 Å². The number of nitrogens with zero attached hydrogens (tertiary/aromatic N) is 1. The first kappa shape index (κ1) is 17.0. The van der Waals surface area contributed by atoms with E-state index in [4.69, 9.17) is 10.5 Å². The zero-order chi connectivity index (χ0) is 16.0. The van der Waals surface area contributed by atoms with Crippen LogP contribution in [0.4, 0.5) is 5.69 Å². The molecule has 0 heterocycles. The van der Waals surface area contributed by atoms with Gasteiger partial charge in [0.05, 0.1) is 12.8 Å². The summed E-state index contributed by atoms with van der Waals surface area (Å²) in [5, 5.41) is 2.77. The van der Waals surface area contributed by atoms with Crippen LogP contribution in [-0.2, 0) is 4.79 Å². The van der Waals surface area contributed by atoms with Gasteiger partial charge in [-0.25, -0.2) is 0 Å². The molecule has 3 N–H and O–H groups in total. The van der Waals surface area contributed by atoms with Crippen LogP contribution in [0.5, 0.6) is 5.75 Å². The highest BCUT2D eigenvalue weighted by Gasteiger charge is 2.13. The number of carbonyl (C=O) groups is 2. The van der Waals surface area contributed by atoms with Gasteiger partial charge in [-0.3, -0.25) is 9.59 Å². The average molecular weight is 293 g/mol. The molecule has 0 fully saturated rings. The number of rotatable bonds is 6. The van der Waals surface area contributed by atoms with E-state index in [0.717, 1.165) is 0 Å². The summed E-state index contributed by atoms with van der Waals surface area (Å²) in [5.41, 5.74) is 6.67. The van der Waals surface area contributed by atoms with Crippen LogP contribution in [0.15, 0.2) is 18.2 Å². The van der Waals surface area contributed by atoms with E-state index in [2.05, 4.69) is 5.32 Å². The van der Waals surface area contributed by atoms with E-state index >= 15 is 0 Å². The van der Waals surface area contributed by atoms with Crippen LogP contribution < -0.4 is 15.8 Å². The van der Waals surface area contributed by atoms with Gasteiger partial charge in [-0.2, -0.15) is 0 Å². The fourth-order valence-corrected chi connectivity index (χ4v) is 1.76. The first-order chi connectivity index (χ1) is 9.85. The quantitative estimate of drug-likeness (QED) is 0.831. The predicted octanol–water partition coefficient (Wildman–Crippen LogP) is 1.46. The number of hydrogen-bond donors (Lipinski definition) is 2. The molecule has 0 aromatic heterocycles. The van der Waals surface area contributed by atoms with E-state index in [-0.39, 0.29) is 17.9 Å². The van der Waals surface area contributed by atoms with Gasteiger partial charge < -0.3 is 20.7 Å². The summed E-state index contributed by atoms with van der Waals surface area (Å²) >= 11 is 0. The second-order valence-electron chi connectivity index (χ2n) is 5.18. The Hall–Kier alpha value is -2.08. The molecule has 0 aliphatic heterocycles. The van der Waals surface area contributed by atoms with Gasteiger partial charge >= 0.3 is 0 Å². The lowest BCUT2D eigenvalue weighted by molar-refractivity contribution is -0.116. The van der Waals surface area contributed by atoms with Crippen LogP contribution in [0.25, 0.3) is 0 Å². The number of hydrogen-bond acceptors (Lipinski definition) is 4. The molecular formula is C15H23N3O3. The Morgan fingerprint density at radius 3 is 2.57 bits per heavy atom. The third-order valence-electron chi connectivity index (χ3n) is 2.96. The third kappa shape index (κ3) is 5.07. The summed E-state index contributed by atoms with van der Waals surface area (Å²) in [6.45, 7) is 1.86. The van der Waals surface area contributed by atoms with Crippen molar-refractivity contribution in [1.82, 2.24) is 4.90 Å². The first-order valence-electron chi connectivity index (χ1n) is 6.80. The lowest BCUT2D eigenvalue weighted by atomic mass is 10.1. The van der Waals surface area contributed by atoms with Crippen LogP contribution in [0.3, 0.4) is 0 Å². The molecule has 1 rings (SSSR count). The number of amides is 2. The highest BCUT2D eigenvalue weighted by Crippen LogP contribution is 2.26. The fourth-order valence-electron chi connectivity index (χ4n) is 1.76. The van der Waals surface area contributed by atoms with Gasteiger partial charge in [0.15, 0.2) is 0 Å². The average Bonchev–Trinajstić information content (AvgIpc) is 2.44. The Kier molecular flexibility index (Phi) is 6.17. The summed E-state index contributed by atoms with van der Waals surface area (Å²) < 4.78 is 5.23. The molecule has 2 amide bonds. The van der Waals surface area contributed by atoms with Crippen molar-refractivity contribution in [3.63, 3.8) is 0 Å². The van der Waals surface area contributed by atoms with E-state index in [1.165, 1.54) is 12.0 Å². The molecule has 0 radical (unpaired) electrons. The van der Waals surface area contributed by atoms with Gasteiger partial charge in [0.2, 0.25) is 5.91 Å². The van der Waals surface area contributed by atoms with E-state index in [0.29, 0.717) is 29.8 Å². The maximum absolute atomic E-state index is 11.9. The molecule has 21 heavy (non-hydrogen) atoms. The normalized spacial score (nSPS) is 11.7. The molecule has 0 bridgehead atoms. The molecule has 0 aliphatic rings. The van der Waals surface area contributed by atoms with Crippen LogP contribution in [0, 0.1) is 0 Å². The molecule has 0 spiro atoms. The number of anilines is 1. The van der Waals surface area contributed by atoms with Crippen molar-refractivity contribution >= 4 is 17.5 Å². The van der Waals surface area contributed by atoms with Crippen molar-refractivity contribution in [2.24, 2.45) is 5.73 Å². The molecule has 0 aliphatic carbocycles. The molecular weight excluding hydrogens is 270 g/mol. The highest BCUT2D eigenvalue weighted by atomic mass is 16.5. The SMILES string of the molecule is COc1cc(C(=O)N(C)C)ccc1NC(=O)CCC(C)N. The van der Waals surface area contributed by atoms with E-state index in [1.54, 1.807) is 32.3 Å². The summed E-state index contributed by atoms with van der Waals surface area (Å²) in [7, 11) is 4.85. The Morgan fingerprint density at radius 1 is 1.38 bits per heavy atom. The smallest absolute Gasteiger partial charge is 0.253 e. The molecule has 0 saturated heterocycles. The summed E-state index contributed by atoms with van der Waals surface area (Å²) in [4.78, 5) is 25.2. The summed E-state index contributed by atoms with van der Waals surface area (Å²) in [5.74, 6) is 0.206. The fraction of sp³-hybridized carbons (Fsp3) is 0.467. The lowest BCUT2D eigenvalue weighted by Crippen LogP contribution is -2.22. The minimum Gasteiger partial charge on any atom is -0.495 e. The molecule has 6 nitrogen and oxygen atoms in total. The largest absolute Gasteiger partial charge is 0.495 e. The monoisotopic (exact) mass is 293 g/mol. The Labute approximate surface area is 125 Å². The molecule has 1 aromatic rings. The van der Waals surface area contributed by atoms with Crippen molar-refractivity contribution < 1.29 is 14.3 Å². The second kappa shape index (κ2) is 7.64. The maximum Gasteiger partial charge on any atom is 0.253 e. The molecule has 1 unspecified atom stereocenters. The highest BCUT2D eigenvalue weighted by molar-refractivity contribution is 5.97. The number of benzene rings is 1. The van der Waals surface area contributed by atoms with Crippen molar-refractivity contribution in [3.8, 4) is 5.75 Å². The Balaban J connectivity index is 2.84. The van der Waals surface area contributed by atoms with Crippen LogP contribution in [0.2, 0.25) is 0 Å². The van der Waals surface area contributed by atoms with Gasteiger partial charge in [-0.05, 0) is 31.5 Å². The zero-order valence-electron chi connectivity index (χ0n) is 13.0. The van der Waals surface area contributed by atoms with Gasteiger partial charge in [-0.1, -0.05) is 0 Å². The maximum atomic E-state index is 11.9. The number of ether oxygens (including phenoxy) is 1. The minimum atomic E-state index is -0.128. The molecule has 116 valence electrons. The Morgan fingerprint density at radius 2 is 2.05 bits per heavy atom. The minimum absolute atomic E-state index is 0.0160. The third-order valence-corrected chi connectivity index (χ3v) is 2.96. The molecule has 1 aromatic carbocycles. The van der Waals surface area contributed by atoms with Crippen molar-refractivity contribution in [3.05, 3.63) is 23.8 Å². The number of nitrogens with one attached hydrogen (secondary N) is 1. The lowest BCUT2D eigenvalue weighted by Gasteiger charge is -2.14. The van der Waals surface area contributed by atoms with Gasteiger partial charge in [0, 0.05) is 32.1 Å². The van der Waals surface area contributed by atoms with Crippen molar-refractivity contribution in [2.45, 2.75) is 25.8 Å². The van der Waals surface area contributed by atoms with Gasteiger partial charge in [0.1, 0.15) is 5.75 Å². The van der Waals surface area contributed by atoms with Gasteiger partial charge in [-0.15, -0.1) is 0 Å². The first-order valence-corrected chi connectivity index (χ1v) is 6.80. The zero-order valence-corrected chi connectivity index (χ0v) is 13.0. The van der Waals surface area contributed by atoms with Crippen LogP contribution in [0.1, 0.15) is 30.1 Å². The van der Waals surface area contributed by atoms with Gasteiger partial charge in [0.25, 0.3) is 5.91 Å². The molecule has 1 atom stereocenters. The van der Waals surface area contributed by atoms with Crippen LogP contribution >= 0.6 is 0 Å². The van der Waals surface area contributed by atoms with E-state index in [9.17, 15) is 9.59 Å². The van der Waals surface area contributed by atoms with Crippen molar-refractivity contribution in [1.29, 1.82) is 0 Å². The number of methoxy groups -OCH3 is 1. The summed E-state index contributed by atoms with van der Waals surface area (Å²) in [6.07, 6.45) is 0.963. The topological polar surface area (TPSA) is 84.7 Å². The second-order valence-corrected chi connectivity index (χ2v) is 5.18. The Bertz CT molecular complexity index is 513. The van der Waals surface area contributed by atoms with Crippen LogP contribution in [-0.4, -0.2) is 44.0 Å². The number of nitrogens with two attached hydrogens (primary N) is 1. The predicted molar refractivity (Wildman–Crippen MR) is 82.5 cm³/mol. The molecule has 0 saturated carbocycles.